The Morgan fingerprint density at radius 1 is 1.39 bits per heavy atom. The zero-order valence-electron chi connectivity index (χ0n) is 12.0. The fourth-order valence-electron chi connectivity index (χ4n) is 2.06. The molecule has 0 aromatic carbocycles. The summed E-state index contributed by atoms with van der Waals surface area (Å²) in [6.45, 7) is -1.13. The molecule has 1 saturated heterocycles. The second-order valence-electron chi connectivity index (χ2n) is 4.75. The Hall–Kier alpha value is -2.21. The first kappa shape index (κ1) is 17.1. The van der Waals surface area contributed by atoms with Crippen LogP contribution in [0.3, 0.4) is 0 Å². The normalized spacial score (nSPS) is 27.0. The highest BCUT2D eigenvalue weighted by Crippen LogP contribution is 2.28. The lowest BCUT2D eigenvalue weighted by Crippen LogP contribution is -2.38. The van der Waals surface area contributed by atoms with E-state index >= 15 is 0 Å². The molecule has 4 unspecified atom stereocenters. The number of carbonyl (C=O) groups excluding carboxylic acids is 1. The van der Waals surface area contributed by atoms with Crippen molar-refractivity contribution in [2.24, 2.45) is 0 Å². The molecule has 1 fully saturated rings. The first-order chi connectivity index (χ1) is 10.9. The highest BCUT2D eigenvalue weighted by Gasteiger charge is 2.43. The van der Waals surface area contributed by atoms with Crippen molar-refractivity contribution in [3.05, 3.63) is 27.0 Å². The van der Waals surface area contributed by atoms with Gasteiger partial charge in [-0.25, -0.2) is 9.59 Å². The molecule has 0 aliphatic carbocycles. The van der Waals surface area contributed by atoms with Crippen LogP contribution in [0, 0.1) is 0 Å². The molecule has 2 heterocycles. The molecule has 1 aliphatic heterocycles. The highest BCUT2D eigenvalue weighted by atomic mass is 16.6. The minimum absolute atomic E-state index is 0.382. The van der Waals surface area contributed by atoms with Gasteiger partial charge in [-0.05, 0) is 0 Å². The molecule has 1 aliphatic rings. The Balaban J connectivity index is 2.31. The van der Waals surface area contributed by atoms with E-state index in [1.165, 1.54) is 0 Å². The van der Waals surface area contributed by atoms with Crippen LogP contribution >= 0.6 is 0 Å². The zero-order chi connectivity index (χ0) is 17.1. The fourth-order valence-corrected chi connectivity index (χ4v) is 2.06. The number of nitrogens with zero attached hydrogens (tertiary/aromatic N) is 1. The minimum Gasteiger partial charge on any atom is -0.475 e. The molecular formula is C12H16N2O9. The van der Waals surface area contributed by atoms with Gasteiger partial charge in [0, 0.05) is 0 Å². The van der Waals surface area contributed by atoms with Crippen LogP contribution in [0.1, 0.15) is 6.23 Å². The van der Waals surface area contributed by atoms with Gasteiger partial charge in [0.1, 0.15) is 18.3 Å². The number of nitrogens with one attached hydrogen (secondary N) is 1. The Bertz CT molecular complexity index is 682. The number of hydrogen-bond acceptors (Lipinski definition) is 9. The van der Waals surface area contributed by atoms with Gasteiger partial charge in [-0.15, -0.1) is 0 Å². The Labute approximate surface area is 128 Å². The van der Waals surface area contributed by atoms with Gasteiger partial charge in [-0.2, -0.15) is 0 Å². The van der Waals surface area contributed by atoms with Crippen molar-refractivity contribution in [2.75, 3.05) is 20.3 Å². The van der Waals surface area contributed by atoms with Crippen molar-refractivity contribution in [2.45, 2.75) is 24.5 Å². The van der Waals surface area contributed by atoms with Crippen LogP contribution in [0.4, 0.5) is 0 Å². The maximum Gasteiger partial charge on any atom is 0.343 e. The molecule has 1 aromatic rings. The van der Waals surface area contributed by atoms with Crippen LogP contribution in [-0.2, 0) is 14.3 Å². The number of hydrogen-bond donors (Lipinski definition) is 4. The third kappa shape index (κ3) is 3.42. The minimum atomic E-state index is -1.51. The lowest BCUT2D eigenvalue weighted by Gasteiger charge is -2.17. The molecule has 2 rings (SSSR count). The number of methoxy groups -OCH3 is 1. The Kier molecular flexibility index (Phi) is 5.15. The van der Waals surface area contributed by atoms with Crippen LogP contribution in [0.15, 0.2) is 15.8 Å². The van der Waals surface area contributed by atoms with E-state index in [9.17, 15) is 24.6 Å². The van der Waals surface area contributed by atoms with E-state index in [-0.39, 0.29) is 5.75 Å². The van der Waals surface area contributed by atoms with Crippen LogP contribution in [0.2, 0.25) is 0 Å². The molecule has 4 atom stereocenters. The second kappa shape index (κ2) is 6.91. The van der Waals surface area contributed by atoms with Crippen molar-refractivity contribution in [1.29, 1.82) is 0 Å². The molecule has 1 aromatic heterocycles. The first-order valence-electron chi connectivity index (χ1n) is 6.56. The number of H-pyrrole nitrogens is 1. The van der Waals surface area contributed by atoms with Crippen LogP contribution < -0.4 is 16.0 Å². The third-order valence-corrected chi connectivity index (χ3v) is 3.30. The predicted octanol–water partition coefficient (Wildman–Crippen LogP) is -3.30. The molecule has 23 heavy (non-hydrogen) atoms. The summed E-state index contributed by atoms with van der Waals surface area (Å²) in [5, 5.41) is 28.6. The van der Waals surface area contributed by atoms with Crippen LogP contribution in [0.25, 0.3) is 0 Å². The van der Waals surface area contributed by atoms with Gasteiger partial charge < -0.3 is 29.5 Å². The summed E-state index contributed by atoms with van der Waals surface area (Å²) in [6, 6.07) is 0. The van der Waals surface area contributed by atoms with Crippen molar-refractivity contribution in [3.8, 4) is 5.75 Å². The molecule has 11 nitrogen and oxygen atoms in total. The summed E-state index contributed by atoms with van der Waals surface area (Å²) in [5.41, 5.74) is -1.81. The topological polar surface area (TPSA) is 160 Å². The summed E-state index contributed by atoms with van der Waals surface area (Å²) < 4.78 is 15.3. The number of aromatic nitrogens is 2. The van der Waals surface area contributed by atoms with E-state index in [1.54, 1.807) is 0 Å². The molecule has 0 amide bonds. The fraction of sp³-hybridized carbons (Fsp3) is 0.583. The highest BCUT2D eigenvalue weighted by molar-refractivity contribution is 5.70. The molecular weight excluding hydrogens is 316 g/mol. The predicted molar refractivity (Wildman–Crippen MR) is 71.8 cm³/mol. The average Bonchev–Trinajstić information content (AvgIpc) is 2.81. The van der Waals surface area contributed by atoms with E-state index in [2.05, 4.69) is 4.74 Å². The summed E-state index contributed by atoms with van der Waals surface area (Å²) in [4.78, 5) is 36.4. The van der Waals surface area contributed by atoms with Crippen LogP contribution in [0.5, 0.6) is 5.75 Å². The van der Waals surface area contributed by atoms with Crippen molar-refractivity contribution >= 4 is 5.97 Å². The molecule has 4 N–H and O–H groups in total. The summed E-state index contributed by atoms with van der Waals surface area (Å²) in [5.74, 6) is -1.12. The lowest BCUT2D eigenvalue weighted by atomic mass is 10.1. The number of rotatable bonds is 5. The number of esters is 1. The largest absolute Gasteiger partial charge is 0.475 e. The molecule has 128 valence electrons. The maximum atomic E-state index is 11.8. The number of aliphatic hydroxyl groups excluding tert-OH is 3. The first-order valence-corrected chi connectivity index (χ1v) is 6.56. The van der Waals surface area contributed by atoms with Crippen molar-refractivity contribution in [1.82, 2.24) is 9.55 Å². The van der Waals surface area contributed by atoms with Gasteiger partial charge in [0.2, 0.25) is 5.75 Å². The second-order valence-corrected chi connectivity index (χ2v) is 4.75. The Morgan fingerprint density at radius 3 is 2.65 bits per heavy atom. The van der Waals surface area contributed by atoms with E-state index in [0.29, 0.717) is 0 Å². The number of aliphatic hydroxyl groups is 3. The summed E-state index contributed by atoms with van der Waals surface area (Å²) >= 11 is 0. The van der Waals surface area contributed by atoms with Crippen molar-refractivity contribution < 1.29 is 34.3 Å². The molecule has 0 bridgehead atoms. The quantitative estimate of drug-likeness (QED) is 0.405. The number of carbonyl (C=O) groups is 1. The van der Waals surface area contributed by atoms with Gasteiger partial charge in [0.25, 0.3) is 5.56 Å². The van der Waals surface area contributed by atoms with E-state index in [4.69, 9.17) is 14.6 Å². The maximum absolute atomic E-state index is 11.8. The van der Waals surface area contributed by atoms with Crippen molar-refractivity contribution in [3.63, 3.8) is 0 Å². The zero-order valence-corrected chi connectivity index (χ0v) is 12.0. The monoisotopic (exact) mass is 332 g/mol. The number of aromatic amines is 1. The number of ether oxygens (including phenoxy) is 3. The summed E-state index contributed by atoms with van der Waals surface area (Å²) in [6.07, 6.45) is -4.42. The van der Waals surface area contributed by atoms with Crippen LogP contribution in [-0.4, -0.2) is 69.5 Å². The van der Waals surface area contributed by atoms with Gasteiger partial charge >= 0.3 is 11.7 Å². The average molecular weight is 332 g/mol. The van der Waals surface area contributed by atoms with E-state index in [0.717, 1.165) is 17.9 Å². The standard InChI is InChI=1S/C12H16N2O9/c1-21-7(16)4-22-5-2-14(12(20)13-10(5)19)11-9(18)8(17)6(3-15)23-11/h2,6,8-9,11,15,17-18H,3-4H2,1H3,(H,13,19,20). The molecule has 0 saturated carbocycles. The van der Waals surface area contributed by atoms with Gasteiger partial charge in [-0.1, -0.05) is 0 Å². The summed E-state index contributed by atoms with van der Waals surface area (Å²) in [7, 11) is 1.13. The van der Waals surface area contributed by atoms with Gasteiger partial charge in [-0.3, -0.25) is 14.3 Å². The molecule has 11 heteroatoms. The van der Waals surface area contributed by atoms with Gasteiger partial charge in [0.15, 0.2) is 12.8 Å². The van der Waals surface area contributed by atoms with E-state index < -0.39 is 55.0 Å². The molecule has 0 radical (unpaired) electrons. The third-order valence-electron chi connectivity index (χ3n) is 3.30. The van der Waals surface area contributed by atoms with Gasteiger partial charge in [0.05, 0.1) is 19.9 Å². The molecule has 0 spiro atoms. The smallest absolute Gasteiger partial charge is 0.343 e. The SMILES string of the molecule is COC(=O)COc1cn(C2OC(CO)C(O)C2O)c(=O)[nH]c1=O. The van der Waals surface area contributed by atoms with E-state index in [1.807, 2.05) is 4.98 Å². The lowest BCUT2D eigenvalue weighted by molar-refractivity contribution is -0.142. The Morgan fingerprint density at radius 2 is 2.09 bits per heavy atom.